The summed E-state index contributed by atoms with van der Waals surface area (Å²) in [7, 11) is -1.42. The Hall–Kier alpha value is -0.933. The fourth-order valence-electron chi connectivity index (χ4n) is 2.54. The SMILES string of the molecule is CC[C@H]([C@H](O)CC(=O)c1ccccc1)[Si](C)(C)C. The molecule has 0 saturated carbocycles. The van der Waals surface area contributed by atoms with Crippen molar-refractivity contribution in [1.82, 2.24) is 0 Å². The Kier molecular flexibility index (Phi) is 5.29. The standard InChI is InChI=1S/C15H24O2Si/c1-5-15(18(2,3)4)14(17)11-13(16)12-9-7-6-8-10-12/h6-10,14-15,17H,5,11H2,1-4H3/t14-,15-/m1/s1. The summed E-state index contributed by atoms with van der Waals surface area (Å²) in [5, 5.41) is 10.3. The summed E-state index contributed by atoms with van der Waals surface area (Å²) < 4.78 is 0. The van der Waals surface area contributed by atoms with Gasteiger partial charge in [0, 0.05) is 12.0 Å². The summed E-state index contributed by atoms with van der Waals surface area (Å²) >= 11 is 0. The number of Topliss-reactive ketones (excluding diaryl/α,β-unsaturated/α-hetero) is 1. The first-order valence-electron chi connectivity index (χ1n) is 6.62. The third-order valence-electron chi connectivity index (χ3n) is 3.51. The van der Waals surface area contributed by atoms with Gasteiger partial charge >= 0.3 is 0 Å². The molecular formula is C15H24O2Si. The van der Waals surface area contributed by atoms with Crippen molar-refractivity contribution in [1.29, 1.82) is 0 Å². The summed E-state index contributed by atoms with van der Waals surface area (Å²) in [6, 6.07) is 9.23. The molecule has 2 atom stereocenters. The molecule has 0 aliphatic heterocycles. The van der Waals surface area contributed by atoms with Gasteiger partial charge in [-0.25, -0.2) is 0 Å². The Morgan fingerprint density at radius 3 is 2.22 bits per heavy atom. The van der Waals surface area contributed by atoms with E-state index in [2.05, 4.69) is 26.6 Å². The van der Waals surface area contributed by atoms with Gasteiger partial charge in [0.25, 0.3) is 0 Å². The van der Waals surface area contributed by atoms with Crippen molar-refractivity contribution in [3.05, 3.63) is 35.9 Å². The number of rotatable bonds is 6. The fourth-order valence-corrected chi connectivity index (χ4v) is 5.03. The maximum atomic E-state index is 12.1. The normalized spacial score (nSPS) is 15.2. The zero-order valence-corrected chi connectivity index (χ0v) is 12.8. The number of carbonyl (C=O) groups is 1. The molecule has 0 bridgehead atoms. The zero-order valence-electron chi connectivity index (χ0n) is 11.8. The van der Waals surface area contributed by atoms with Crippen LogP contribution < -0.4 is 0 Å². The maximum absolute atomic E-state index is 12.1. The Morgan fingerprint density at radius 1 is 1.22 bits per heavy atom. The Labute approximate surface area is 111 Å². The minimum Gasteiger partial charge on any atom is -0.393 e. The summed E-state index contributed by atoms with van der Waals surface area (Å²) in [4.78, 5) is 12.1. The first kappa shape index (κ1) is 15.1. The smallest absolute Gasteiger partial charge is 0.165 e. The summed E-state index contributed by atoms with van der Waals surface area (Å²) in [6.07, 6.45) is 0.681. The van der Waals surface area contributed by atoms with Crippen molar-refractivity contribution in [3.8, 4) is 0 Å². The van der Waals surface area contributed by atoms with Crippen molar-refractivity contribution >= 4 is 13.9 Å². The van der Waals surface area contributed by atoms with Gasteiger partial charge in [0.2, 0.25) is 0 Å². The lowest BCUT2D eigenvalue weighted by molar-refractivity contribution is 0.0864. The molecule has 0 unspecified atom stereocenters. The molecule has 0 saturated heterocycles. The number of hydrogen-bond donors (Lipinski definition) is 1. The van der Waals surface area contributed by atoms with Crippen LogP contribution in [-0.2, 0) is 0 Å². The molecule has 1 aromatic carbocycles. The average Bonchev–Trinajstić information content (AvgIpc) is 2.29. The van der Waals surface area contributed by atoms with E-state index < -0.39 is 14.2 Å². The topological polar surface area (TPSA) is 37.3 Å². The molecule has 0 amide bonds. The van der Waals surface area contributed by atoms with E-state index in [1.807, 2.05) is 30.3 Å². The highest BCUT2D eigenvalue weighted by molar-refractivity contribution is 6.77. The van der Waals surface area contributed by atoms with Crippen LogP contribution in [-0.4, -0.2) is 25.1 Å². The van der Waals surface area contributed by atoms with Crippen LogP contribution in [0.2, 0.25) is 25.2 Å². The molecule has 0 heterocycles. The van der Waals surface area contributed by atoms with Crippen LogP contribution in [0.4, 0.5) is 0 Å². The van der Waals surface area contributed by atoms with Gasteiger partial charge in [-0.15, -0.1) is 0 Å². The van der Waals surface area contributed by atoms with Crippen molar-refractivity contribution in [2.75, 3.05) is 0 Å². The molecule has 0 aliphatic carbocycles. The first-order chi connectivity index (χ1) is 8.36. The van der Waals surface area contributed by atoms with Crippen molar-refractivity contribution in [2.45, 2.75) is 51.1 Å². The fraction of sp³-hybridized carbons (Fsp3) is 0.533. The maximum Gasteiger partial charge on any atom is 0.165 e. The van der Waals surface area contributed by atoms with Gasteiger partial charge in [-0.1, -0.05) is 63.3 Å². The molecule has 1 rings (SSSR count). The highest BCUT2D eigenvalue weighted by atomic mass is 28.3. The molecule has 0 aliphatic rings. The van der Waals surface area contributed by atoms with E-state index in [0.717, 1.165) is 6.42 Å². The number of benzene rings is 1. The van der Waals surface area contributed by atoms with E-state index in [1.165, 1.54) is 0 Å². The predicted octanol–water partition coefficient (Wildman–Crippen LogP) is 3.74. The van der Waals surface area contributed by atoms with Crippen LogP contribution >= 0.6 is 0 Å². The van der Waals surface area contributed by atoms with Gasteiger partial charge in [-0.3, -0.25) is 4.79 Å². The van der Waals surface area contributed by atoms with Crippen molar-refractivity contribution in [2.24, 2.45) is 0 Å². The lowest BCUT2D eigenvalue weighted by Crippen LogP contribution is -2.37. The highest BCUT2D eigenvalue weighted by Gasteiger charge is 2.32. The molecule has 1 N–H and O–H groups in total. The third kappa shape index (κ3) is 4.07. The van der Waals surface area contributed by atoms with E-state index in [-0.39, 0.29) is 17.7 Å². The monoisotopic (exact) mass is 264 g/mol. The van der Waals surface area contributed by atoms with Gasteiger partial charge in [0.05, 0.1) is 14.2 Å². The van der Waals surface area contributed by atoms with E-state index in [0.29, 0.717) is 5.56 Å². The largest absolute Gasteiger partial charge is 0.393 e. The minimum absolute atomic E-state index is 0.0415. The van der Waals surface area contributed by atoms with Crippen LogP contribution in [0.25, 0.3) is 0 Å². The van der Waals surface area contributed by atoms with Gasteiger partial charge < -0.3 is 5.11 Å². The molecule has 0 radical (unpaired) electrons. The van der Waals surface area contributed by atoms with Gasteiger partial charge in [-0.05, 0) is 5.54 Å². The summed E-state index contributed by atoms with van der Waals surface area (Å²) in [5.41, 5.74) is 0.979. The van der Waals surface area contributed by atoms with Crippen LogP contribution in [0, 0.1) is 0 Å². The highest BCUT2D eigenvalue weighted by Crippen LogP contribution is 2.31. The van der Waals surface area contributed by atoms with Crippen molar-refractivity contribution < 1.29 is 9.90 Å². The quantitative estimate of drug-likeness (QED) is 0.628. The third-order valence-corrected chi connectivity index (χ3v) is 6.52. The number of aliphatic hydroxyl groups excluding tert-OH is 1. The summed E-state index contributed by atoms with van der Waals surface area (Å²) in [5.74, 6) is 0.0415. The van der Waals surface area contributed by atoms with Gasteiger partial charge in [-0.2, -0.15) is 0 Å². The van der Waals surface area contributed by atoms with Crippen LogP contribution in [0.3, 0.4) is 0 Å². The van der Waals surface area contributed by atoms with E-state index in [9.17, 15) is 9.90 Å². The molecule has 2 nitrogen and oxygen atoms in total. The Morgan fingerprint density at radius 2 is 1.78 bits per heavy atom. The number of aliphatic hydroxyl groups is 1. The van der Waals surface area contributed by atoms with Crippen LogP contribution in [0.5, 0.6) is 0 Å². The van der Waals surface area contributed by atoms with E-state index in [4.69, 9.17) is 0 Å². The molecule has 18 heavy (non-hydrogen) atoms. The van der Waals surface area contributed by atoms with Crippen LogP contribution in [0.15, 0.2) is 30.3 Å². The lowest BCUT2D eigenvalue weighted by Gasteiger charge is -2.32. The number of carbonyl (C=O) groups excluding carboxylic acids is 1. The summed E-state index contributed by atoms with van der Waals surface area (Å²) in [6.45, 7) is 8.84. The Balaban J connectivity index is 2.70. The number of ketones is 1. The molecule has 1 aromatic rings. The molecule has 0 spiro atoms. The molecule has 0 fully saturated rings. The van der Waals surface area contributed by atoms with E-state index in [1.54, 1.807) is 0 Å². The lowest BCUT2D eigenvalue weighted by atomic mass is 10.0. The van der Waals surface area contributed by atoms with E-state index >= 15 is 0 Å². The second-order valence-corrected chi connectivity index (χ2v) is 11.4. The second kappa shape index (κ2) is 6.30. The second-order valence-electron chi connectivity index (χ2n) is 5.94. The van der Waals surface area contributed by atoms with Gasteiger partial charge in [0.1, 0.15) is 0 Å². The first-order valence-corrected chi connectivity index (χ1v) is 10.2. The minimum atomic E-state index is -1.42. The van der Waals surface area contributed by atoms with Crippen LogP contribution in [0.1, 0.15) is 30.1 Å². The zero-order chi connectivity index (χ0) is 13.8. The average molecular weight is 264 g/mol. The predicted molar refractivity (Wildman–Crippen MR) is 78.8 cm³/mol. The molecule has 0 aromatic heterocycles. The molecule has 100 valence electrons. The van der Waals surface area contributed by atoms with Gasteiger partial charge in [0.15, 0.2) is 5.78 Å². The number of hydrogen-bond acceptors (Lipinski definition) is 2. The van der Waals surface area contributed by atoms with Crippen molar-refractivity contribution in [3.63, 3.8) is 0 Å². The Bertz CT molecular complexity index is 381. The molecular weight excluding hydrogens is 240 g/mol. The molecule has 3 heteroatoms.